The lowest BCUT2D eigenvalue weighted by atomic mass is 9.83. The van der Waals surface area contributed by atoms with Crippen LogP contribution in [0.15, 0.2) is 17.6 Å². The molecule has 0 aromatic carbocycles. The minimum Gasteiger partial charge on any atom is -0.382 e. The highest BCUT2D eigenvalue weighted by atomic mass is 16.5. The second-order valence-electron chi connectivity index (χ2n) is 6.41. The van der Waals surface area contributed by atoms with Crippen LogP contribution >= 0.6 is 0 Å². The fraction of sp³-hybridized carbons (Fsp3) is 0.833. The van der Waals surface area contributed by atoms with Gasteiger partial charge in [0, 0.05) is 40.4 Å². The van der Waals surface area contributed by atoms with Gasteiger partial charge >= 0.3 is 0 Å². The Bertz CT molecular complexity index is 335. The van der Waals surface area contributed by atoms with Crippen molar-refractivity contribution >= 4 is 5.96 Å². The van der Waals surface area contributed by atoms with Crippen LogP contribution in [0.3, 0.4) is 0 Å². The highest BCUT2D eigenvalue weighted by Crippen LogP contribution is 2.40. The zero-order valence-electron chi connectivity index (χ0n) is 14.9. The molecule has 0 aromatic rings. The smallest absolute Gasteiger partial charge is 0.193 e. The van der Waals surface area contributed by atoms with Gasteiger partial charge < -0.3 is 15.0 Å². The molecule has 4 nitrogen and oxygen atoms in total. The molecule has 22 heavy (non-hydrogen) atoms. The molecular formula is C18H35N3O. The molecule has 0 radical (unpaired) electrons. The van der Waals surface area contributed by atoms with Gasteiger partial charge in [0.15, 0.2) is 5.96 Å². The predicted octanol–water partition coefficient (Wildman–Crippen LogP) is 3.45. The van der Waals surface area contributed by atoms with E-state index in [4.69, 9.17) is 4.74 Å². The first-order chi connectivity index (χ1) is 10.7. The maximum Gasteiger partial charge on any atom is 0.193 e. The lowest BCUT2D eigenvalue weighted by Gasteiger charge is -2.31. The molecule has 0 atom stereocenters. The van der Waals surface area contributed by atoms with Crippen molar-refractivity contribution in [1.29, 1.82) is 0 Å². The third-order valence-corrected chi connectivity index (χ3v) is 4.74. The Morgan fingerprint density at radius 3 is 2.73 bits per heavy atom. The van der Waals surface area contributed by atoms with Crippen LogP contribution in [0, 0.1) is 5.41 Å². The fourth-order valence-corrected chi connectivity index (χ4v) is 3.30. The van der Waals surface area contributed by atoms with Crippen LogP contribution in [0.25, 0.3) is 0 Å². The van der Waals surface area contributed by atoms with Crippen LogP contribution in [-0.2, 0) is 4.74 Å². The van der Waals surface area contributed by atoms with Crippen molar-refractivity contribution in [2.75, 3.05) is 40.4 Å². The number of aliphatic imine (C=N–C) groups is 1. The summed E-state index contributed by atoms with van der Waals surface area (Å²) < 4.78 is 5.59. The molecule has 1 rings (SSSR count). The van der Waals surface area contributed by atoms with E-state index in [1.54, 1.807) is 0 Å². The second kappa shape index (κ2) is 10.7. The van der Waals surface area contributed by atoms with Crippen molar-refractivity contribution in [1.82, 2.24) is 10.2 Å². The molecule has 0 aliphatic heterocycles. The van der Waals surface area contributed by atoms with Crippen molar-refractivity contribution in [3.63, 3.8) is 0 Å². The summed E-state index contributed by atoms with van der Waals surface area (Å²) >= 11 is 0. The number of nitrogens with one attached hydrogen (secondary N) is 1. The van der Waals surface area contributed by atoms with Crippen LogP contribution in [0.2, 0.25) is 0 Å². The predicted molar refractivity (Wildman–Crippen MR) is 95.4 cm³/mol. The van der Waals surface area contributed by atoms with E-state index in [9.17, 15) is 0 Å². The summed E-state index contributed by atoms with van der Waals surface area (Å²) in [5, 5.41) is 3.60. The summed E-state index contributed by atoms with van der Waals surface area (Å²) in [4.78, 5) is 6.65. The Hall–Kier alpha value is -1.03. The van der Waals surface area contributed by atoms with Gasteiger partial charge in [-0.3, -0.25) is 4.99 Å². The average molecular weight is 309 g/mol. The molecule has 0 amide bonds. The topological polar surface area (TPSA) is 36.9 Å². The Morgan fingerprint density at radius 1 is 1.41 bits per heavy atom. The van der Waals surface area contributed by atoms with E-state index in [2.05, 4.69) is 35.8 Å². The summed E-state index contributed by atoms with van der Waals surface area (Å²) in [7, 11) is 3.98. The minimum atomic E-state index is 0.396. The van der Waals surface area contributed by atoms with Crippen molar-refractivity contribution in [3.8, 4) is 0 Å². The van der Waals surface area contributed by atoms with Crippen molar-refractivity contribution in [3.05, 3.63) is 12.7 Å². The van der Waals surface area contributed by atoms with Crippen LogP contribution < -0.4 is 5.32 Å². The first-order valence-electron chi connectivity index (χ1n) is 8.78. The van der Waals surface area contributed by atoms with Crippen LogP contribution in [0.5, 0.6) is 0 Å². The zero-order valence-corrected chi connectivity index (χ0v) is 14.9. The summed E-state index contributed by atoms with van der Waals surface area (Å²) in [6.07, 6.45) is 10.6. The molecule has 1 N–H and O–H groups in total. The number of allylic oxidation sites excluding steroid dienone is 1. The van der Waals surface area contributed by atoms with Gasteiger partial charge in [-0.1, -0.05) is 18.9 Å². The van der Waals surface area contributed by atoms with Gasteiger partial charge in [-0.25, -0.2) is 0 Å². The Morgan fingerprint density at radius 2 is 2.14 bits per heavy atom. The van der Waals surface area contributed by atoms with Gasteiger partial charge in [0.1, 0.15) is 0 Å². The Balaban J connectivity index is 2.46. The van der Waals surface area contributed by atoms with Crippen molar-refractivity contribution < 1.29 is 4.74 Å². The summed E-state index contributed by atoms with van der Waals surface area (Å²) in [5.74, 6) is 1.01. The Kier molecular flexibility index (Phi) is 9.21. The van der Waals surface area contributed by atoms with Crippen LogP contribution in [0.4, 0.5) is 0 Å². The number of hydrogen-bond donors (Lipinski definition) is 1. The minimum absolute atomic E-state index is 0.396. The lowest BCUT2D eigenvalue weighted by Crippen LogP contribution is -2.44. The monoisotopic (exact) mass is 309 g/mol. The molecule has 1 aliphatic carbocycles. The number of rotatable bonds is 10. The summed E-state index contributed by atoms with van der Waals surface area (Å²) in [5.41, 5.74) is 0.396. The second-order valence-corrected chi connectivity index (χ2v) is 6.41. The van der Waals surface area contributed by atoms with Crippen molar-refractivity contribution in [2.45, 2.75) is 51.9 Å². The molecule has 1 saturated carbocycles. The van der Waals surface area contributed by atoms with Gasteiger partial charge in [-0.05, 0) is 44.4 Å². The quantitative estimate of drug-likeness (QED) is 0.291. The maximum atomic E-state index is 5.59. The molecule has 0 heterocycles. The first kappa shape index (κ1) is 19.0. The maximum absolute atomic E-state index is 5.59. The van der Waals surface area contributed by atoms with Crippen molar-refractivity contribution in [2.24, 2.45) is 10.4 Å². The first-order valence-corrected chi connectivity index (χ1v) is 8.78. The molecule has 128 valence electrons. The molecule has 0 spiro atoms. The molecule has 0 aromatic heterocycles. The van der Waals surface area contributed by atoms with E-state index >= 15 is 0 Å². The van der Waals surface area contributed by atoms with E-state index in [1.807, 2.05) is 13.1 Å². The van der Waals surface area contributed by atoms with E-state index in [0.29, 0.717) is 5.41 Å². The van der Waals surface area contributed by atoms with Gasteiger partial charge in [-0.15, -0.1) is 6.58 Å². The molecule has 4 heteroatoms. The highest BCUT2D eigenvalue weighted by molar-refractivity contribution is 5.79. The number of guanidine groups is 1. The number of nitrogens with zero attached hydrogens (tertiary/aromatic N) is 2. The van der Waals surface area contributed by atoms with E-state index < -0.39 is 0 Å². The van der Waals surface area contributed by atoms with Gasteiger partial charge in [0.25, 0.3) is 0 Å². The molecular weight excluding hydrogens is 274 g/mol. The summed E-state index contributed by atoms with van der Waals surface area (Å²) in [6, 6.07) is 0. The molecule has 1 aliphatic rings. The number of unbranched alkanes of at least 4 members (excludes halogenated alkanes) is 1. The van der Waals surface area contributed by atoms with Crippen LogP contribution in [0.1, 0.15) is 51.9 Å². The number of hydrogen-bond acceptors (Lipinski definition) is 2. The third kappa shape index (κ3) is 6.39. The van der Waals surface area contributed by atoms with Gasteiger partial charge in [-0.2, -0.15) is 0 Å². The third-order valence-electron chi connectivity index (χ3n) is 4.74. The molecule has 0 bridgehead atoms. The van der Waals surface area contributed by atoms with Crippen LogP contribution in [-0.4, -0.2) is 51.3 Å². The molecule has 0 unspecified atom stereocenters. The van der Waals surface area contributed by atoms with E-state index in [-0.39, 0.29) is 0 Å². The molecule has 0 saturated heterocycles. The lowest BCUT2D eigenvalue weighted by molar-refractivity contribution is 0.104. The van der Waals surface area contributed by atoms with E-state index in [1.165, 1.54) is 25.7 Å². The highest BCUT2D eigenvalue weighted by Gasteiger charge is 2.33. The summed E-state index contributed by atoms with van der Waals surface area (Å²) in [6.45, 7) is 9.57. The SMILES string of the molecule is C=CCCCN(C)C(=NC)NCC1(CCOCC)CCCC1. The largest absolute Gasteiger partial charge is 0.382 e. The standard InChI is InChI=1S/C18H35N3O/c1-5-7-10-14-21(4)17(19-3)20-16-18(11-8-9-12-18)13-15-22-6-2/h5H,1,6-16H2,2-4H3,(H,19,20). The van der Waals surface area contributed by atoms with Gasteiger partial charge in [0.2, 0.25) is 0 Å². The Labute approximate surface area is 137 Å². The van der Waals surface area contributed by atoms with Gasteiger partial charge in [0.05, 0.1) is 0 Å². The zero-order chi connectivity index (χ0) is 16.3. The average Bonchev–Trinajstić information content (AvgIpc) is 2.97. The fourth-order valence-electron chi connectivity index (χ4n) is 3.30. The number of ether oxygens (including phenoxy) is 1. The molecule has 1 fully saturated rings. The van der Waals surface area contributed by atoms with E-state index in [0.717, 1.165) is 51.5 Å². The normalized spacial score (nSPS) is 17.5.